The van der Waals surface area contributed by atoms with Gasteiger partial charge in [-0.15, -0.1) is 11.8 Å². The Morgan fingerprint density at radius 1 is 0.727 bits per heavy atom. The summed E-state index contributed by atoms with van der Waals surface area (Å²) in [6, 6.07) is 20.0. The minimum atomic E-state index is -0.137. The van der Waals surface area contributed by atoms with Gasteiger partial charge in [-0.1, -0.05) is 60.7 Å². The third-order valence-corrected chi connectivity index (χ3v) is 4.72. The highest BCUT2D eigenvalue weighted by Gasteiger charge is 2.21. The molecule has 0 amide bonds. The lowest BCUT2D eigenvalue weighted by Gasteiger charge is -2.19. The van der Waals surface area contributed by atoms with Crippen molar-refractivity contribution < 1.29 is 9.59 Å². The van der Waals surface area contributed by atoms with Gasteiger partial charge in [-0.3, -0.25) is 9.59 Å². The lowest BCUT2D eigenvalue weighted by atomic mass is 10.0. The minimum absolute atomic E-state index is 0.0168. The zero-order valence-corrected chi connectivity index (χ0v) is 12.6. The summed E-state index contributed by atoms with van der Waals surface area (Å²) < 4.78 is 0. The van der Waals surface area contributed by atoms with Gasteiger partial charge in [0.1, 0.15) is 0 Å². The summed E-state index contributed by atoms with van der Waals surface area (Å²) in [5.74, 6) is -0.247. The SMILES string of the molecule is O=C1C=CC(=O)C(SC(c2ccccc2)c2ccccc2)=C1. The Morgan fingerprint density at radius 3 is 1.82 bits per heavy atom. The molecule has 3 rings (SSSR count). The number of hydrogen-bond donors (Lipinski definition) is 0. The molecule has 2 aromatic rings. The van der Waals surface area contributed by atoms with Gasteiger partial charge in [-0.2, -0.15) is 0 Å². The van der Waals surface area contributed by atoms with E-state index in [0.29, 0.717) is 4.91 Å². The average molecular weight is 306 g/mol. The van der Waals surface area contributed by atoms with Gasteiger partial charge in [-0.05, 0) is 23.3 Å². The molecule has 3 heteroatoms. The van der Waals surface area contributed by atoms with E-state index < -0.39 is 0 Å². The third kappa shape index (κ3) is 3.26. The first-order valence-electron chi connectivity index (χ1n) is 6.98. The molecule has 0 unspecified atom stereocenters. The Bertz CT molecular complexity index is 706. The van der Waals surface area contributed by atoms with E-state index in [-0.39, 0.29) is 16.8 Å². The molecule has 0 saturated heterocycles. The van der Waals surface area contributed by atoms with E-state index in [1.807, 2.05) is 60.7 Å². The molecule has 2 nitrogen and oxygen atoms in total. The number of ketones is 2. The first kappa shape index (κ1) is 14.5. The molecule has 0 N–H and O–H groups in total. The molecule has 1 aliphatic rings. The second-order valence-electron chi connectivity index (χ2n) is 4.93. The van der Waals surface area contributed by atoms with Crippen LogP contribution in [0.4, 0.5) is 0 Å². The second kappa shape index (κ2) is 6.58. The Morgan fingerprint density at radius 2 is 1.27 bits per heavy atom. The van der Waals surface area contributed by atoms with Crippen molar-refractivity contribution in [3.8, 4) is 0 Å². The third-order valence-electron chi connectivity index (χ3n) is 3.36. The van der Waals surface area contributed by atoms with Crippen LogP contribution in [0.25, 0.3) is 0 Å². The quantitative estimate of drug-likeness (QED) is 0.798. The molecule has 0 heterocycles. The number of allylic oxidation sites excluding steroid dienone is 4. The fourth-order valence-electron chi connectivity index (χ4n) is 2.29. The standard InChI is InChI=1S/C19H14O2S/c20-16-11-12-17(21)18(13-16)22-19(14-7-3-1-4-8-14)15-9-5-2-6-10-15/h1-13,19H. The van der Waals surface area contributed by atoms with Crippen molar-refractivity contribution in [3.63, 3.8) is 0 Å². The summed E-state index contributed by atoms with van der Waals surface area (Å²) in [4.78, 5) is 24.0. The summed E-state index contributed by atoms with van der Waals surface area (Å²) in [6.07, 6.45) is 4.08. The predicted molar refractivity (Wildman–Crippen MR) is 89.6 cm³/mol. The Hall–Kier alpha value is -2.39. The van der Waals surface area contributed by atoms with Crippen LogP contribution in [0.15, 0.2) is 83.8 Å². The van der Waals surface area contributed by atoms with Crippen LogP contribution in [0.2, 0.25) is 0 Å². The smallest absolute Gasteiger partial charge is 0.192 e. The van der Waals surface area contributed by atoms with E-state index in [1.165, 1.54) is 30.0 Å². The summed E-state index contributed by atoms with van der Waals surface area (Å²) in [7, 11) is 0. The van der Waals surface area contributed by atoms with Gasteiger partial charge in [0.25, 0.3) is 0 Å². The predicted octanol–water partition coefficient (Wildman–Crippen LogP) is 4.10. The molecule has 1 aliphatic carbocycles. The zero-order valence-electron chi connectivity index (χ0n) is 11.8. The molecule has 0 fully saturated rings. The Kier molecular flexibility index (Phi) is 4.35. The van der Waals surface area contributed by atoms with Crippen molar-refractivity contribution in [1.82, 2.24) is 0 Å². The van der Waals surface area contributed by atoms with Crippen LogP contribution in [0.1, 0.15) is 16.4 Å². The van der Waals surface area contributed by atoms with Crippen LogP contribution in [-0.2, 0) is 9.59 Å². The number of carbonyl (C=O) groups is 2. The van der Waals surface area contributed by atoms with Crippen molar-refractivity contribution in [1.29, 1.82) is 0 Å². The summed E-state index contributed by atoms with van der Waals surface area (Å²) in [6.45, 7) is 0. The Balaban J connectivity index is 1.97. The molecule has 22 heavy (non-hydrogen) atoms. The van der Waals surface area contributed by atoms with Crippen LogP contribution >= 0.6 is 11.8 Å². The number of benzene rings is 2. The largest absolute Gasteiger partial charge is 0.290 e. The molecule has 0 radical (unpaired) electrons. The van der Waals surface area contributed by atoms with Gasteiger partial charge >= 0.3 is 0 Å². The normalized spacial score (nSPS) is 14.3. The van der Waals surface area contributed by atoms with Gasteiger partial charge < -0.3 is 0 Å². The molecule has 108 valence electrons. The van der Waals surface area contributed by atoms with Crippen molar-refractivity contribution >= 4 is 23.3 Å². The summed E-state index contributed by atoms with van der Waals surface area (Å²) in [5, 5.41) is -0.0168. The van der Waals surface area contributed by atoms with Crippen molar-refractivity contribution in [2.24, 2.45) is 0 Å². The van der Waals surface area contributed by atoms with Gasteiger partial charge in [0.15, 0.2) is 11.6 Å². The summed E-state index contributed by atoms with van der Waals surface area (Å²) in [5.41, 5.74) is 2.21. The van der Waals surface area contributed by atoms with Crippen LogP contribution < -0.4 is 0 Å². The number of rotatable bonds is 4. The number of hydrogen-bond acceptors (Lipinski definition) is 3. The highest BCUT2D eigenvalue weighted by molar-refractivity contribution is 8.04. The number of thioether (sulfide) groups is 1. The van der Waals surface area contributed by atoms with Crippen LogP contribution in [0.3, 0.4) is 0 Å². The fourth-order valence-corrected chi connectivity index (χ4v) is 3.50. The molecule has 0 aromatic heterocycles. The molecule has 0 saturated carbocycles. The van der Waals surface area contributed by atoms with Gasteiger partial charge in [0, 0.05) is 6.08 Å². The molecule has 0 atom stereocenters. The molecule has 0 spiro atoms. The topological polar surface area (TPSA) is 34.1 Å². The van der Waals surface area contributed by atoms with Crippen molar-refractivity contribution in [3.05, 3.63) is 94.9 Å². The maximum absolute atomic E-state index is 12.0. The highest BCUT2D eigenvalue weighted by Crippen LogP contribution is 2.40. The average Bonchev–Trinajstić information content (AvgIpc) is 2.57. The van der Waals surface area contributed by atoms with Crippen molar-refractivity contribution in [2.75, 3.05) is 0 Å². The summed E-state index contributed by atoms with van der Waals surface area (Å²) >= 11 is 1.42. The van der Waals surface area contributed by atoms with E-state index in [4.69, 9.17) is 0 Å². The molecule has 2 aromatic carbocycles. The first-order valence-corrected chi connectivity index (χ1v) is 7.86. The van der Waals surface area contributed by atoms with E-state index in [0.717, 1.165) is 11.1 Å². The lowest BCUT2D eigenvalue weighted by molar-refractivity contribution is -0.114. The highest BCUT2D eigenvalue weighted by atomic mass is 32.2. The minimum Gasteiger partial charge on any atom is -0.290 e. The van der Waals surface area contributed by atoms with Crippen LogP contribution in [0.5, 0.6) is 0 Å². The lowest BCUT2D eigenvalue weighted by Crippen LogP contribution is -2.07. The molecular weight excluding hydrogens is 292 g/mol. The van der Waals surface area contributed by atoms with E-state index >= 15 is 0 Å². The second-order valence-corrected chi connectivity index (χ2v) is 6.07. The number of carbonyl (C=O) groups excluding carboxylic acids is 2. The zero-order chi connectivity index (χ0) is 15.4. The van der Waals surface area contributed by atoms with Crippen LogP contribution in [0, 0.1) is 0 Å². The fraction of sp³-hybridized carbons (Fsp3) is 0.0526. The van der Waals surface area contributed by atoms with Gasteiger partial charge in [0.2, 0.25) is 0 Å². The monoisotopic (exact) mass is 306 g/mol. The van der Waals surface area contributed by atoms with E-state index in [2.05, 4.69) is 0 Å². The van der Waals surface area contributed by atoms with E-state index in [1.54, 1.807) is 0 Å². The molecule has 0 aliphatic heterocycles. The first-order chi connectivity index (χ1) is 10.7. The van der Waals surface area contributed by atoms with Gasteiger partial charge in [0.05, 0.1) is 10.2 Å². The van der Waals surface area contributed by atoms with Gasteiger partial charge in [-0.25, -0.2) is 0 Å². The maximum Gasteiger partial charge on any atom is 0.192 e. The molecular formula is C19H14O2S. The van der Waals surface area contributed by atoms with Crippen molar-refractivity contribution in [2.45, 2.75) is 5.25 Å². The molecule has 0 bridgehead atoms. The van der Waals surface area contributed by atoms with Crippen LogP contribution in [-0.4, -0.2) is 11.6 Å². The van der Waals surface area contributed by atoms with E-state index in [9.17, 15) is 9.59 Å². The maximum atomic E-state index is 12.0. The Labute approximate surface area is 133 Å².